The molecule has 0 aliphatic heterocycles. The monoisotopic (exact) mass is 334 g/mol. The highest BCUT2D eigenvalue weighted by Gasteiger charge is 2.42. The number of fused-ring (bicyclic) bond motifs is 1. The number of hydrogen-bond acceptors (Lipinski definition) is 0. The zero-order chi connectivity index (χ0) is 19.0. The third-order valence-electron chi connectivity index (χ3n) is 5.43. The molecule has 2 aromatic carbocycles. The molecule has 0 saturated carbocycles. The van der Waals surface area contributed by atoms with Crippen LogP contribution in [-0.2, 0) is 10.8 Å². The minimum absolute atomic E-state index is 0.231. The van der Waals surface area contributed by atoms with Gasteiger partial charge in [0.05, 0.1) is 0 Å². The summed E-state index contributed by atoms with van der Waals surface area (Å²) in [5.41, 5.74) is 9.76. The average Bonchev–Trinajstić information content (AvgIpc) is 2.73. The van der Waals surface area contributed by atoms with Crippen molar-refractivity contribution in [3.63, 3.8) is 0 Å². The number of benzene rings is 2. The van der Waals surface area contributed by atoms with Crippen LogP contribution in [0, 0.1) is 13.8 Å². The maximum atomic E-state index is 4.40. The standard InChI is InChI=1S/C23H28.C2H6/c1-15-8-10-18(11-9-15)17(3)19-13-21-20(12-16(19)2)22(4,5)14-23(21,6)7;1-2/h8-13H,3,14H2,1-2,4-7H3;1-2H3. The molecule has 0 saturated heterocycles. The van der Waals surface area contributed by atoms with E-state index in [9.17, 15) is 0 Å². The summed E-state index contributed by atoms with van der Waals surface area (Å²) in [6, 6.07) is 13.5. The minimum Gasteiger partial charge on any atom is -0.0905 e. The van der Waals surface area contributed by atoms with Crippen LogP contribution in [0.2, 0.25) is 0 Å². The van der Waals surface area contributed by atoms with E-state index in [1.165, 1.54) is 39.8 Å². The number of aryl methyl sites for hydroxylation is 2. The SMILES string of the molecule is C=C(c1ccc(C)cc1)c1cc2c(cc1C)C(C)(C)CC2(C)C.CC. The zero-order valence-corrected chi connectivity index (χ0v) is 17.4. The smallest absolute Gasteiger partial charge is 0.00921 e. The van der Waals surface area contributed by atoms with Crippen LogP contribution < -0.4 is 0 Å². The lowest BCUT2D eigenvalue weighted by Gasteiger charge is -2.22. The van der Waals surface area contributed by atoms with Gasteiger partial charge in [-0.1, -0.05) is 90.1 Å². The van der Waals surface area contributed by atoms with Crippen LogP contribution in [0.4, 0.5) is 0 Å². The molecular formula is C25H34. The van der Waals surface area contributed by atoms with Crippen LogP contribution in [0.3, 0.4) is 0 Å². The van der Waals surface area contributed by atoms with Crippen molar-refractivity contribution in [3.05, 3.63) is 76.4 Å². The normalized spacial score (nSPS) is 16.6. The Balaban J connectivity index is 0.00000109. The van der Waals surface area contributed by atoms with Crippen molar-refractivity contribution < 1.29 is 0 Å². The van der Waals surface area contributed by atoms with Gasteiger partial charge in [-0.15, -0.1) is 0 Å². The zero-order valence-electron chi connectivity index (χ0n) is 17.4. The first-order chi connectivity index (χ1) is 11.6. The molecule has 0 heteroatoms. The third kappa shape index (κ3) is 3.59. The molecule has 0 unspecified atom stereocenters. The van der Waals surface area contributed by atoms with Gasteiger partial charge in [0.1, 0.15) is 0 Å². The molecule has 1 aliphatic carbocycles. The highest BCUT2D eigenvalue weighted by atomic mass is 14.5. The first-order valence-corrected chi connectivity index (χ1v) is 9.54. The van der Waals surface area contributed by atoms with Crippen LogP contribution in [-0.4, -0.2) is 0 Å². The lowest BCUT2D eigenvalue weighted by molar-refractivity contribution is 0.403. The van der Waals surface area contributed by atoms with E-state index >= 15 is 0 Å². The first kappa shape index (κ1) is 19.5. The van der Waals surface area contributed by atoms with Gasteiger partial charge in [0.2, 0.25) is 0 Å². The van der Waals surface area contributed by atoms with Crippen molar-refractivity contribution in [1.82, 2.24) is 0 Å². The Bertz CT molecular complexity index is 770. The average molecular weight is 335 g/mol. The maximum absolute atomic E-state index is 4.40. The second-order valence-electron chi connectivity index (χ2n) is 8.50. The van der Waals surface area contributed by atoms with Crippen molar-refractivity contribution in [2.75, 3.05) is 0 Å². The summed E-state index contributed by atoms with van der Waals surface area (Å²) in [5.74, 6) is 0. The van der Waals surface area contributed by atoms with E-state index < -0.39 is 0 Å². The molecule has 0 amide bonds. The Morgan fingerprint density at radius 3 is 1.84 bits per heavy atom. The molecule has 0 radical (unpaired) electrons. The van der Waals surface area contributed by atoms with Crippen LogP contribution in [0.25, 0.3) is 5.57 Å². The van der Waals surface area contributed by atoms with E-state index in [1.54, 1.807) is 0 Å². The Kier molecular flexibility index (Phi) is 5.33. The molecule has 0 N–H and O–H groups in total. The van der Waals surface area contributed by atoms with Crippen LogP contribution in [0.15, 0.2) is 43.0 Å². The Morgan fingerprint density at radius 2 is 1.32 bits per heavy atom. The molecule has 25 heavy (non-hydrogen) atoms. The lowest BCUT2D eigenvalue weighted by Crippen LogP contribution is -2.18. The van der Waals surface area contributed by atoms with Crippen LogP contribution >= 0.6 is 0 Å². The van der Waals surface area contributed by atoms with Gasteiger partial charge in [0.25, 0.3) is 0 Å². The summed E-state index contributed by atoms with van der Waals surface area (Å²) in [6.07, 6.45) is 1.20. The molecule has 0 fully saturated rings. The van der Waals surface area contributed by atoms with E-state index in [0.29, 0.717) is 0 Å². The molecule has 0 heterocycles. The molecule has 0 bridgehead atoms. The predicted molar refractivity (Wildman–Crippen MR) is 113 cm³/mol. The minimum atomic E-state index is 0.231. The van der Waals surface area contributed by atoms with Gasteiger partial charge >= 0.3 is 0 Å². The third-order valence-corrected chi connectivity index (χ3v) is 5.43. The van der Waals surface area contributed by atoms with Crippen molar-refractivity contribution >= 4 is 5.57 Å². The predicted octanol–water partition coefficient (Wildman–Crippen LogP) is 7.35. The van der Waals surface area contributed by atoms with Gasteiger partial charge in [-0.05, 0) is 64.5 Å². The lowest BCUT2D eigenvalue weighted by atomic mass is 9.82. The molecular weight excluding hydrogens is 300 g/mol. The van der Waals surface area contributed by atoms with Gasteiger partial charge in [-0.3, -0.25) is 0 Å². The molecule has 0 nitrogen and oxygen atoms in total. The summed E-state index contributed by atoms with van der Waals surface area (Å²) < 4.78 is 0. The summed E-state index contributed by atoms with van der Waals surface area (Å²) >= 11 is 0. The Morgan fingerprint density at radius 1 is 0.840 bits per heavy atom. The Hall–Kier alpha value is -1.82. The van der Waals surface area contributed by atoms with Crippen molar-refractivity contribution in [3.8, 4) is 0 Å². The molecule has 0 spiro atoms. The fraction of sp³-hybridized carbons (Fsp3) is 0.440. The summed E-state index contributed by atoms with van der Waals surface area (Å²) in [4.78, 5) is 0. The quantitative estimate of drug-likeness (QED) is 0.538. The number of hydrogen-bond donors (Lipinski definition) is 0. The summed E-state index contributed by atoms with van der Waals surface area (Å²) in [6.45, 7) is 22.2. The number of rotatable bonds is 2. The van der Waals surface area contributed by atoms with E-state index in [2.05, 4.69) is 84.5 Å². The fourth-order valence-electron chi connectivity index (χ4n) is 4.36. The van der Waals surface area contributed by atoms with Gasteiger partial charge in [-0.2, -0.15) is 0 Å². The highest BCUT2D eigenvalue weighted by molar-refractivity contribution is 5.80. The van der Waals surface area contributed by atoms with E-state index in [1.807, 2.05) is 13.8 Å². The van der Waals surface area contributed by atoms with Crippen molar-refractivity contribution in [1.29, 1.82) is 0 Å². The van der Waals surface area contributed by atoms with Gasteiger partial charge in [0, 0.05) is 0 Å². The molecule has 134 valence electrons. The second-order valence-corrected chi connectivity index (χ2v) is 8.50. The summed E-state index contributed by atoms with van der Waals surface area (Å²) in [7, 11) is 0. The van der Waals surface area contributed by atoms with E-state index in [0.717, 1.165) is 5.57 Å². The Labute approximate surface area is 155 Å². The van der Waals surface area contributed by atoms with Gasteiger partial charge < -0.3 is 0 Å². The van der Waals surface area contributed by atoms with E-state index in [-0.39, 0.29) is 10.8 Å². The molecule has 0 aromatic heterocycles. The van der Waals surface area contributed by atoms with Crippen molar-refractivity contribution in [2.45, 2.75) is 72.6 Å². The topological polar surface area (TPSA) is 0 Å². The van der Waals surface area contributed by atoms with Gasteiger partial charge in [0.15, 0.2) is 0 Å². The highest BCUT2D eigenvalue weighted by Crippen LogP contribution is 2.50. The molecule has 3 rings (SSSR count). The van der Waals surface area contributed by atoms with Crippen LogP contribution in [0.1, 0.15) is 81.3 Å². The fourth-order valence-corrected chi connectivity index (χ4v) is 4.36. The second kappa shape index (κ2) is 6.83. The van der Waals surface area contributed by atoms with Crippen molar-refractivity contribution in [2.24, 2.45) is 0 Å². The largest absolute Gasteiger partial charge is 0.0905 e. The van der Waals surface area contributed by atoms with E-state index in [4.69, 9.17) is 0 Å². The molecule has 1 aliphatic rings. The summed E-state index contributed by atoms with van der Waals surface area (Å²) in [5, 5.41) is 0. The van der Waals surface area contributed by atoms with Crippen LogP contribution in [0.5, 0.6) is 0 Å². The van der Waals surface area contributed by atoms with Gasteiger partial charge in [-0.25, -0.2) is 0 Å². The maximum Gasteiger partial charge on any atom is -0.00921 e. The molecule has 2 aromatic rings. The molecule has 0 atom stereocenters. The first-order valence-electron chi connectivity index (χ1n) is 9.54.